The Hall–Kier alpha value is -2.67. The molecule has 1 fully saturated rings. The number of carbonyl (C=O) groups excluding carboxylic acids is 1. The smallest absolute Gasteiger partial charge is 0.417 e. The van der Waals surface area contributed by atoms with Crippen molar-refractivity contribution in [2.24, 2.45) is 0 Å². The van der Waals surface area contributed by atoms with Crippen LogP contribution in [0.5, 0.6) is 5.75 Å². The maximum atomic E-state index is 13.1. The van der Waals surface area contributed by atoms with Gasteiger partial charge in [0.2, 0.25) is 5.01 Å². The normalized spacial score (nSPS) is 19.7. The molecule has 0 bridgehead atoms. The third-order valence-electron chi connectivity index (χ3n) is 4.45. The Morgan fingerprint density at radius 3 is 2.61 bits per heavy atom. The predicted molar refractivity (Wildman–Crippen MR) is 94.9 cm³/mol. The molecule has 1 amide bonds. The Labute approximate surface area is 163 Å². The zero-order valence-electron chi connectivity index (χ0n) is 14.9. The van der Waals surface area contributed by atoms with Crippen LogP contribution in [-0.4, -0.2) is 27.4 Å². The third-order valence-corrected chi connectivity index (χ3v) is 5.26. The lowest BCUT2D eigenvalue weighted by Crippen LogP contribution is -2.39. The fraction of sp³-hybridized carbons (Fsp3) is 0.444. The van der Waals surface area contributed by atoms with Gasteiger partial charge in [-0.2, -0.15) is 22.8 Å². The first-order valence-electron chi connectivity index (χ1n) is 8.65. The van der Waals surface area contributed by atoms with Crippen molar-refractivity contribution in [3.63, 3.8) is 0 Å². The molecule has 0 saturated heterocycles. The predicted octanol–water partition coefficient (Wildman–Crippen LogP) is 3.86. The first-order valence-corrected chi connectivity index (χ1v) is 9.43. The van der Waals surface area contributed by atoms with Crippen LogP contribution in [0.2, 0.25) is 0 Å². The Morgan fingerprint density at radius 1 is 1.32 bits per heavy atom. The summed E-state index contributed by atoms with van der Waals surface area (Å²) < 4.78 is 48.8. The summed E-state index contributed by atoms with van der Waals surface area (Å²) in [4.78, 5) is 16.2. The van der Waals surface area contributed by atoms with Crippen LogP contribution in [0, 0.1) is 18.3 Å². The van der Waals surface area contributed by atoms with E-state index in [0.717, 1.165) is 23.7 Å². The number of nitrogens with zero attached hydrogens (tertiary/aromatic N) is 3. The number of halogens is 3. The van der Waals surface area contributed by atoms with Gasteiger partial charge in [-0.05, 0) is 62.3 Å². The van der Waals surface area contributed by atoms with Gasteiger partial charge in [0.1, 0.15) is 11.6 Å². The van der Waals surface area contributed by atoms with Crippen molar-refractivity contribution in [2.45, 2.75) is 50.9 Å². The standard InChI is InChI=1S/C18H17F3N4O2S/c1-10-23-17(28-25-10)16(26)24-12-3-6-13(7-4-12)27-14-5-2-11(9-22)15(8-14)18(19,20)21/h2,5,8,12-13H,3-4,6-7H2,1H3,(H,24,26). The lowest BCUT2D eigenvalue weighted by molar-refractivity contribution is -0.137. The average molecular weight is 410 g/mol. The summed E-state index contributed by atoms with van der Waals surface area (Å²) in [5, 5.41) is 12.1. The van der Waals surface area contributed by atoms with Crippen LogP contribution >= 0.6 is 11.5 Å². The summed E-state index contributed by atoms with van der Waals surface area (Å²) in [5.41, 5.74) is -1.43. The van der Waals surface area contributed by atoms with E-state index in [0.29, 0.717) is 36.5 Å². The summed E-state index contributed by atoms with van der Waals surface area (Å²) in [6.07, 6.45) is -2.36. The van der Waals surface area contributed by atoms with E-state index in [9.17, 15) is 18.0 Å². The summed E-state index contributed by atoms with van der Waals surface area (Å²) in [6.45, 7) is 1.71. The van der Waals surface area contributed by atoms with Gasteiger partial charge in [-0.1, -0.05) is 0 Å². The molecule has 0 spiro atoms. The van der Waals surface area contributed by atoms with Crippen molar-refractivity contribution < 1.29 is 22.7 Å². The molecule has 0 radical (unpaired) electrons. The van der Waals surface area contributed by atoms with Crippen LogP contribution in [0.1, 0.15) is 52.4 Å². The maximum Gasteiger partial charge on any atom is 0.417 e. The highest BCUT2D eigenvalue weighted by Gasteiger charge is 2.34. The molecule has 1 aromatic heterocycles. The molecule has 6 nitrogen and oxygen atoms in total. The number of hydrogen-bond donors (Lipinski definition) is 1. The molecule has 3 rings (SSSR count). The minimum Gasteiger partial charge on any atom is -0.490 e. The van der Waals surface area contributed by atoms with Crippen molar-refractivity contribution in [1.82, 2.24) is 14.7 Å². The van der Waals surface area contributed by atoms with Crippen LogP contribution in [0.15, 0.2) is 18.2 Å². The molecule has 1 aliphatic rings. The van der Waals surface area contributed by atoms with Gasteiger partial charge in [0.05, 0.1) is 23.3 Å². The molecule has 1 N–H and O–H groups in total. The zero-order valence-corrected chi connectivity index (χ0v) is 15.7. The number of rotatable bonds is 4. The van der Waals surface area contributed by atoms with E-state index < -0.39 is 17.3 Å². The molecule has 0 atom stereocenters. The Balaban J connectivity index is 1.56. The highest BCUT2D eigenvalue weighted by Crippen LogP contribution is 2.35. The van der Waals surface area contributed by atoms with Crippen molar-refractivity contribution in [1.29, 1.82) is 5.26 Å². The number of nitriles is 1. The van der Waals surface area contributed by atoms with Gasteiger partial charge in [-0.3, -0.25) is 4.79 Å². The minimum atomic E-state index is -4.62. The van der Waals surface area contributed by atoms with E-state index in [1.54, 1.807) is 13.0 Å². The summed E-state index contributed by atoms with van der Waals surface area (Å²) in [7, 11) is 0. The Morgan fingerprint density at radius 2 is 2.04 bits per heavy atom. The fourth-order valence-electron chi connectivity index (χ4n) is 3.08. The minimum absolute atomic E-state index is 0.0387. The first-order chi connectivity index (χ1) is 13.3. The van der Waals surface area contributed by atoms with Gasteiger partial charge >= 0.3 is 6.18 Å². The van der Waals surface area contributed by atoms with Gasteiger partial charge in [-0.25, -0.2) is 4.98 Å². The number of ether oxygens (including phenoxy) is 1. The average Bonchev–Trinajstić information content (AvgIpc) is 3.09. The van der Waals surface area contributed by atoms with Crippen LogP contribution < -0.4 is 10.1 Å². The molecular formula is C18H17F3N4O2S. The van der Waals surface area contributed by atoms with Crippen LogP contribution in [0.4, 0.5) is 13.2 Å². The van der Waals surface area contributed by atoms with Gasteiger partial charge in [0, 0.05) is 6.04 Å². The lowest BCUT2D eigenvalue weighted by Gasteiger charge is -2.29. The number of carbonyl (C=O) groups is 1. The van der Waals surface area contributed by atoms with Crippen molar-refractivity contribution in [3.8, 4) is 11.8 Å². The highest BCUT2D eigenvalue weighted by atomic mass is 32.1. The molecule has 28 heavy (non-hydrogen) atoms. The molecule has 2 aromatic rings. The summed E-state index contributed by atoms with van der Waals surface area (Å²) in [5.74, 6) is 0.368. The number of hydrogen-bond acceptors (Lipinski definition) is 6. The van der Waals surface area contributed by atoms with Gasteiger partial charge < -0.3 is 10.1 Å². The molecule has 0 unspecified atom stereocenters. The topological polar surface area (TPSA) is 87.9 Å². The van der Waals surface area contributed by atoms with Gasteiger partial charge in [0.15, 0.2) is 0 Å². The number of alkyl halides is 3. The number of benzene rings is 1. The van der Waals surface area contributed by atoms with E-state index in [-0.39, 0.29) is 23.8 Å². The number of nitrogens with one attached hydrogen (secondary N) is 1. The summed E-state index contributed by atoms with van der Waals surface area (Å²) >= 11 is 1.04. The molecule has 1 aromatic carbocycles. The molecule has 10 heteroatoms. The van der Waals surface area contributed by atoms with Crippen LogP contribution in [0.3, 0.4) is 0 Å². The van der Waals surface area contributed by atoms with Gasteiger partial charge in [0.25, 0.3) is 5.91 Å². The molecule has 1 heterocycles. The molecule has 1 aliphatic carbocycles. The van der Waals surface area contributed by atoms with E-state index in [1.165, 1.54) is 6.07 Å². The van der Waals surface area contributed by atoms with Crippen molar-refractivity contribution in [2.75, 3.05) is 0 Å². The summed E-state index contributed by atoms with van der Waals surface area (Å²) in [6, 6.07) is 4.87. The van der Waals surface area contributed by atoms with Crippen LogP contribution in [0.25, 0.3) is 0 Å². The fourth-order valence-corrected chi connectivity index (χ4v) is 3.66. The maximum absolute atomic E-state index is 13.1. The van der Waals surface area contributed by atoms with E-state index in [4.69, 9.17) is 10.00 Å². The highest BCUT2D eigenvalue weighted by molar-refractivity contribution is 7.07. The Kier molecular flexibility index (Phi) is 5.84. The van der Waals surface area contributed by atoms with Crippen molar-refractivity contribution >= 4 is 17.4 Å². The second-order valence-corrected chi connectivity index (χ2v) is 7.28. The van der Waals surface area contributed by atoms with E-state index in [1.807, 2.05) is 0 Å². The third kappa shape index (κ3) is 4.78. The van der Waals surface area contributed by atoms with Crippen LogP contribution in [-0.2, 0) is 6.18 Å². The molecule has 1 saturated carbocycles. The van der Waals surface area contributed by atoms with Crippen molar-refractivity contribution in [3.05, 3.63) is 40.2 Å². The largest absolute Gasteiger partial charge is 0.490 e. The SMILES string of the molecule is Cc1nsc(C(=O)NC2CCC(Oc3ccc(C#N)c(C(F)(F)F)c3)CC2)n1. The number of amides is 1. The second-order valence-electron chi connectivity index (χ2n) is 6.53. The number of aromatic nitrogens is 2. The molecular weight excluding hydrogens is 393 g/mol. The zero-order chi connectivity index (χ0) is 20.3. The molecule has 148 valence electrons. The Bertz CT molecular complexity index is 899. The van der Waals surface area contributed by atoms with E-state index in [2.05, 4.69) is 14.7 Å². The lowest BCUT2D eigenvalue weighted by atomic mass is 9.93. The van der Waals surface area contributed by atoms with E-state index >= 15 is 0 Å². The second kappa shape index (κ2) is 8.14. The van der Waals surface area contributed by atoms with Gasteiger partial charge in [-0.15, -0.1) is 0 Å². The quantitative estimate of drug-likeness (QED) is 0.827. The first kappa shape index (κ1) is 20.1. The molecule has 0 aliphatic heterocycles. The monoisotopic (exact) mass is 410 g/mol. The number of aryl methyl sites for hydroxylation is 1.